The van der Waals surface area contributed by atoms with Crippen LogP contribution in [0.2, 0.25) is 0 Å². The molecule has 0 bridgehead atoms. The number of nitrogens with one attached hydrogen (secondary N) is 1. The van der Waals surface area contributed by atoms with Gasteiger partial charge >= 0.3 is 0 Å². The fourth-order valence-electron chi connectivity index (χ4n) is 2.79. The number of carbonyl (C=O) groups is 1. The maximum absolute atomic E-state index is 12.2. The lowest BCUT2D eigenvalue weighted by molar-refractivity contribution is -0.117. The number of fused-ring (bicyclic) bond motifs is 1. The van der Waals surface area contributed by atoms with E-state index in [1.807, 2.05) is 66.7 Å². The summed E-state index contributed by atoms with van der Waals surface area (Å²) in [6, 6.07) is 21.7. The molecule has 0 heterocycles. The summed E-state index contributed by atoms with van der Waals surface area (Å²) in [4.78, 5) is 12.2. The molecule has 1 amide bonds. The molecule has 3 aromatic carbocycles. The van der Waals surface area contributed by atoms with E-state index in [4.69, 9.17) is 9.47 Å². The Morgan fingerprint density at radius 1 is 1.00 bits per heavy atom. The molecule has 0 spiro atoms. The lowest BCUT2D eigenvalue weighted by Gasteiger charge is -2.11. The van der Waals surface area contributed by atoms with E-state index in [-0.39, 0.29) is 12.5 Å². The van der Waals surface area contributed by atoms with Crippen LogP contribution < -0.4 is 14.8 Å². The van der Waals surface area contributed by atoms with Gasteiger partial charge in [-0.1, -0.05) is 55.1 Å². The van der Waals surface area contributed by atoms with Gasteiger partial charge in [-0.3, -0.25) is 4.79 Å². The molecule has 0 atom stereocenters. The topological polar surface area (TPSA) is 47.6 Å². The van der Waals surface area contributed by atoms with Gasteiger partial charge in [0.15, 0.2) is 0 Å². The Morgan fingerprint density at radius 3 is 2.52 bits per heavy atom. The van der Waals surface area contributed by atoms with Crippen LogP contribution in [0.25, 0.3) is 10.8 Å². The van der Waals surface area contributed by atoms with Crippen molar-refractivity contribution in [2.75, 3.05) is 20.3 Å². The van der Waals surface area contributed by atoms with Crippen LogP contribution in [0, 0.1) is 0 Å². The number of hydrogen-bond acceptors (Lipinski definition) is 3. The first-order chi connectivity index (χ1) is 13.2. The molecule has 0 saturated carbocycles. The van der Waals surface area contributed by atoms with Crippen molar-refractivity contribution in [2.24, 2.45) is 0 Å². The first-order valence-electron chi connectivity index (χ1n) is 8.87. The van der Waals surface area contributed by atoms with E-state index in [2.05, 4.69) is 11.9 Å². The van der Waals surface area contributed by atoms with E-state index in [0.717, 1.165) is 34.3 Å². The Labute approximate surface area is 159 Å². The van der Waals surface area contributed by atoms with Crippen LogP contribution in [-0.4, -0.2) is 26.2 Å². The lowest BCUT2D eigenvalue weighted by Crippen LogP contribution is -2.28. The Kier molecular flexibility index (Phi) is 6.10. The van der Waals surface area contributed by atoms with Crippen molar-refractivity contribution >= 4 is 16.7 Å². The molecular formula is C23H23NO3. The third-order valence-electron chi connectivity index (χ3n) is 4.33. The quantitative estimate of drug-likeness (QED) is 0.614. The Hall–Kier alpha value is -3.27. The first kappa shape index (κ1) is 18.5. The van der Waals surface area contributed by atoms with Crippen LogP contribution in [0.4, 0.5) is 0 Å². The minimum Gasteiger partial charge on any atom is -0.497 e. The standard InChI is InChI=1S/C23H23NO3/c1-17(16-27-22-9-5-7-19-6-3-4-8-21(19)22)23(25)24-15-14-18-10-12-20(26-2)13-11-18/h3-13H,1,14-16H2,2H3,(H,24,25). The Bertz CT molecular complexity index is 927. The number of hydrogen-bond donors (Lipinski definition) is 1. The second-order valence-corrected chi connectivity index (χ2v) is 6.22. The Balaban J connectivity index is 1.48. The summed E-state index contributed by atoms with van der Waals surface area (Å²) in [6.07, 6.45) is 0.743. The van der Waals surface area contributed by atoms with E-state index < -0.39 is 0 Å². The molecule has 4 nitrogen and oxygen atoms in total. The molecule has 0 aromatic heterocycles. The highest BCUT2D eigenvalue weighted by Crippen LogP contribution is 2.25. The molecule has 3 rings (SSSR count). The normalized spacial score (nSPS) is 10.4. The van der Waals surface area contributed by atoms with Gasteiger partial charge in [-0.05, 0) is 35.6 Å². The Morgan fingerprint density at radius 2 is 1.74 bits per heavy atom. The summed E-state index contributed by atoms with van der Waals surface area (Å²) in [5.74, 6) is 1.38. The van der Waals surface area contributed by atoms with Gasteiger partial charge in [-0.2, -0.15) is 0 Å². The maximum atomic E-state index is 12.2. The number of benzene rings is 3. The predicted molar refractivity (Wildman–Crippen MR) is 108 cm³/mol. The molecule has 138 valence electrons. The van der Waals surface area contributed by atoms with Gasteiger partial charge in [-0.25, -0.2) is 0 Å². The van der Waals surface area contributed by atoms with Crippen LogP contribution in [0.5, 0.6) is 11.5 Å². The summed E-state index contributed by atoms with van der Waals surface area (Å²) in [6.45, 7) is 4.54. The fraction of sp³-hybridized carbons (Fsp3) is 0.174. The van der Waals surface area contributed by atoms with E-state index in [1.165, 1.54) is 0 Å². The molecule has 3 aromatic rings. The smallest absolute Gasteiger partial charge is 0.250 e. The zero-order chi connectivity index (χ0) is 19.1. The summed E-state index contributed by atoms with van der Waals surface area (Å²) >= 11 is 0. The SMILES string of the molecule is C=C(COc1cccc2ccccc12)C(=O)NCCc1ccc(OC)cc1. The van der Waals surface area contributed by atoms with Crippen molar-refractivity contribution in [1.82, 2.24) is 5.32 Å². The molecule has 0 aliphatic heterocycles. The van der Waals surface area contributed by atoms with Crippen molar-refractivity contribution in [1.29, 1.82) is 0 Å². The van der Waals surface area contributed by atoms with Crippen LogP contribution in [0.3, 0.4) is 0 Å². The van der Waals surface area contributed by atoms with Gasteiger partial charge in [0.2, 0.25) is 5.91 Å². The molecular weight excluding hydrogens is 338 g/mol. The van der Waals surface area contributed by atoms with Crippen LogP contribution >= 0.6 is 0 Å². The minimum atomic E-state index is -0.191. The molecule has 0 aliphatic carbocycles. The highest BCUT2D eigenvalue weighted by atomic mass is 16.5. The van der Waals surface area contributed by atoms with E-state index in [9.17, 15) is 4.79 Å². The van der Waals surface area contributed by atoms with E-state index in [1.54, 1.807) is 7.11 Å². The van der Waals surface area contributed by atoms with Gasteiger partial charge < -0.3 is 14.8 Å². The summed E-state index contributed by atoms with van der Waals surface area (Å²) in [5.41, 5.74) is 1.53. The van der Waals surface area contributed by atoms with Crippen LogP contribution in [-0.2, 0) is 11.2 Å². The third-order valence-corrected chi connectivity index (χ3v) is 4.33. The largest absolute Gasteiger partial charge is 0.497 e. The average molecular weight is 361 g/mol. The maximum Gasteiger partial charge on any atom is 0.250 e. The lowest BCUT2D eigenvalue weighted by atomic mass is 10.1. The van der Waals surface area contributed by atoms with Crippen molar-refractivity contribution in [3.63, 3.8) is 0 Å². The zero-order valence-corrected chi connectivity index (χ0v) is 15.4. The summed E-state index contributed by atoms with van der Waals surface area (Å²) in [7, 11) is 1.64. The van der Waals surface area contributed by atoms with Gasteiger partial charge in [-0.15, -0.1) is 0 Å². The third kappa shape index (κ3) is 4.88. The number of ether oxygens (including phenoxy) is 2. The fourth-order valence-corrected chi connectivity index (χ4v) is 2.79. The van der Waals surface area contributed by atoms with Crippen molar-refractivity contribution in [2.45, 2.75) is 6.42 Å². The molecule has 0 radical (unpaired) electrons. The molecule has 0 fully saturated rings. The number of methoxy groups -OCH3 is 1. The van der Waals surface area contributed by atoms with Gasteiger partial charge in [0.25, 0.3) is 0 Å². The van der Waals surface area contributed by atoms with E-state index in [0.29, 0.717) is 12.1 Å². The minimum absolute atomic E-state index is 0.155. The average Bonchev–Trinajstić information content (AvgIpc) is 2.72. The second-order valence-electron chi connectivity index (χ2n) is 6.22. The highest BCUT2D eigenvalue weighted by Gasteiger charge is 2.09. The zero-order valence-electron chi connectivity index (χ0n) is 15.4. The number of rotatable bonds is 8. The monoisotopic (exact) mass is 361 g/mol. The van der Waals surface area contributed by atoms with Crippen molar-refractivity contribution < 1.29 is 14.3 Å². The first-order valence-corrected chi connectivity index (χ1v) is 8.87. The van der Waals surface area contributed by atoms with Crippen LogP contribution in [0.15, 0.2) is 78.9 Å². The number of amides is 1. The van der Waals surface area contributed by atoms with Gasteiger partial charge in [0, 0.05) is 17.5 Å². The van der Waals surface area contributed by atoms with Crippen LogP contribution in [0.1, 0.15) is 5.56 Å². The molecule has 4 heteroatoms. The molecule has 1 N–H and O–H groups in total. The van der Waals surface area contributed by atoms with Gasteiger partial charge in [0.1, 0.15) is 18.1 Å². The molecule has 0 unspecified atom stereocenters. The molecule has 0 saturated heterocycles. The number of carbonyl (C=O) groups excluding carboxylic acids is 1. The molecule has 0 aliphatic rings. The summed E-state index contributed by atoms with van der Waals surface area (Å²) < 4.78 is 11.0. The predicted octanol–water partition coefficient (Wildman–Crippen LogP) is 4.14. The van der Waals surface area contributed by atoms with Crippen molar-refractivity contribution in [3.05, 3.63) is 84.4 Å². The second kappa shape index (κ2) is 8.90. The van der Waals surface area contributed by atoms with Gasteiger partial charge in [0.05, 0.1) is 7.11 Å². The molecule has 27 heavy (non-hydrogen) atoms. The highest BCUT2D eigenvalue weighted by molar-refractivity contribution is 5.93. The van der Waals surface area contributed by atoms with E-state index >= 15 is 0 Å². The van der Waals surface area contributed by atoms with Crippen molar-refractivity contribution in [3.8, 4) is 11.5 Å². The summed E-state index contributed by atoms with van der Waals surface area (Å²) in [5, 5.41) is 5.01.